The number of hydrogen-bond acceptors (Lipinski definition) is 3. The minimum absolute atomic E-state index is 0.179. The van der Waals surface area contributed by atoms with E-state index in [-0.39, 0.29) is 5.91 Å². The standard InChI is InChI=1S/C16H23N3O/c1-12-11-19(8-7-18(12)2)16(20)14-4-3-13-5-6-17-10-15(13)9-14/h3-4,9,12,17H,5-8,10-11H2,1-2H3. The molecule has 0 saturated carbocycles. The van der Waals surface area contributed by atoms with Gasteiger partial charge < -0.3 is 15.1 Å². The molecular weight excluding hydrogens is 250 g/mol. The van der Waals surface area contributed by atoms with Crippen LogP contribution >= 0.6 is 0 Å². The molecule has 4 nitrogen and oxygen atoms in total. The molecule has 1 N–H and O–H groups in total. The first-order valence-electron chi connectivity index (χ1n) is 7.47. The van der Waals surface area contributed by atoms with Crippen LogP contribution in [0.2, 0.25) is 0 Å². The number of benzene rings is 1. The number of nitrogens with one attached hydrogen (secondary N) is 1. The highest BCUT2D eigenvalue weighted by atomic mass is 16.2. The Balaban J connectivity index is 1.77. The number of carbonyl (C=O) groups is 1. The van der Waals surface area contributed by atoms with Crippen LogP contribution in [0.4, 0.5) is 0 Å². The molecule has 3 rings (SSSR count). The fraction of sp³-hybridized carbons (Fsp3) is 0.562. The molecule has 108 valence electrons. The fourth-order valence-electron chi connectivity index (χ4n) is 3.03. The number of rotatable bonds is 1. The van der Waals surface area contributed by atoms with E-state index >= 15 is 0 Å². The van der Waals surface area contributed by atoms with Gasteiger partial charge in [0.25, 0.3) is 5.91 Å². The van der Waals surface area contributed by atoms with Crippen molar-refractivity contribution >= 4 is 5.91 Å². The Morgan fingerprint density at radius 2 is 2.15 bits per heavy atom. The van der Waals surface area contributed by atoms with Gasteiger partial charge in [-0.25, -0.2) is 0 Å². The summed E-state index contributed by atoms with van der Waals surface area (Å²) < 4.78 is 0. The summed E-state index contributed by atoms with van der Waals surface area (Å²) in [5.41, 5.74) is 3.50. The normalized spacial score (nSPS) is 23.5. The Kier molecular flexibility index (Phi) is 3.76. The lowest BCUT2D eigenvalue weighted by molar-refractivity contribution is 0.0572. The number of piperazine rings is 1. The summed E-state index contributed by atoms with van der Waals surface area (Å²) in [6.07, 6.45) is 1.06. The minimum Gasteiger partial charge on any atom is -0.336 e. The first-order valence-corrected chi connectivity index (χ1v) is 7.47. The van der Waals surface area contributed by atoms with Crippen molar-refractivity contribution in [3.8, 4) is 0 Å². The largest absolute Gasteiger partial charge is 0.336 e. The summed E-state index contributed by atoms with van der Waals surface area (Å²) in [6.45, 7) is 6.71. The number of carbonyl (C=O) groups excluding carboxylic acids is 1. The third-order valence-electron chi connectivity index (χ3n) is 4.59. The number of nitrogens with zero attached hydrogens (tertiary/aromatic N) is 2. The SMILES string of the molecule is CC1CN(C(=O)c2ccc3c(c2)CNCC3)CCN1C. The van der Waals surface area contributed by atoms with Crippen LogP contribution in [0.5, 0.6) is 0 Å². The van der Waals surface area contributed by atoms with Crippen LogP contribution in [-0.2, 0) is 13.0 Å². The van der Waals surface area contributed by atoms with E-state index in [1.807, 2.05) is 11.0 Å². The van der Waals surface area contributed by atoms with Crippen molar-refractivity contribution in [3.63, 3.8) is 0 Å². The Bertz CT molecular complexity index is 514. The van der Waals surface area contributed by atoms with E-state index in [0.29, 0.717) is 6.04 Å². The van der Waals surface area contributed by atoms with E-state index in [2.05, 4.69) is 36.3 Å². The second kappa shape index (κ2) is 5.54. The molecule has 1 fully saturated rings. The highest BCUT2D eigenvalue weighted by molar-refractivity contribution is 5.94. The molecule has 0 aromatic heterocycles. The summed E-state index contributed by atoms with van der Waals surface area (Å²) in [5, 5.41) is 3.37. The van der Waals surface area contributed by atoms with Crippen molar-refractivity contribution in [2.24, 2.45) is 0 Å². The Morgan fingerprint density at radius 3 is 2.95 bits per heavy atom. The summed E-state index contributed by atoms with van der Waals surface area (Å²) in [7, 11) is 2.12. The molecule has 0 spiro atoms. The van der Waals surface area contributed by atoms with Gasteiger partial charge in [-0.05, 0) is 50.2 Å². The highest BCUT2D eigenvalue weighted by Crippen LogP contribution is 2.18. The molecule has 1 aromatic rings. The Morgan fingerprint density at radius 1 is 1.30 bits per heavy atom. The maximum absolute atomic E-state index is 12.6. The lowest BCUT2D eigenvalue weighted by atomic mass is 9.98. The molecule has 1 saturated heterocycles. The maximum Gasteiger partial charge on any atom is 0.253 e. The van der Waals surface area contributed by atoms with Crippen LogP contribution < -0.4 is 5.32 Å². The minimum atomic E-state index is 0.179. The van der Waals surface area contributed by atoms with E-state index in [1.54, 1.807) is 0 Å². The van der Waals surface area contributed by atoms with Gasteiger partial charge in [0.15, 0.2) is 0 Å². The number of fused-ring (bicyclic) bond motifs is 1. The smallest absolute Gasteiger partial charge is 0.253 e. The van der Waals surface area contributed by atoms with Gasteiger partial charge in [0, 0.05) is 37.8 Å². The van der Waals surface area contributed by atoms with Crippen LogP contribution in [0.25, 0.3) is 0 Å². The van der Waals surface area contributed by atoms with Gasteiger partial charge in [-0.2, -0.15) is 0 Å². The third kappa shape index (κ3) is 2.58. The second-order valence-corrected chi connectivity index (χ2v) is 5.99. The van der Waals surface area contributed by atoms with Gasteiger partial charge >= 0.3 is 0 Å². The first kappa shape index (κ1) is 13.6. The van der Waals surface area contributed by atoms with E-state index in [1.165, 1.54) is 11.1 Å². The molecule has 1 unspecified atom stereocenters. The molecule has 0 radical (unpaired) electrons. The molecule has 0 bridgehead atoms. The number of likely N-dealkylation sites (N-methyl/N-ethyl adjacent to an activating group) is 1. The molecule has 2 aliphatic rings. The Labute approximate surface area is 120 Å². The van der Waals surface area contributed by atoms with Gasteiger partial charge in [0.2, 0.25) is 0 Å². The monoisotopic (exact) mass is 273 g/mol. The van der Waals surface area contributed by atoms with Gasteiger partial charge in [-0.3, -0.25) is 4.79 Å². The lowest BCUT2D eigenvalue weighted by Gasteiger charge is -2.37. The van der Waals surface area contributed by atoms with Gasteiger partial charge in [-0.1, -0.05) is 6.07 Å². The quantitative estimate of drug-likeness (QED) is 0.832. The summed E-state index contributed by atoms with van der Waals surface area (Å²) >= 11 is 0. The highest BCUT2D eigenvalue weighted by Gasteiger charge is 2.25. The predicted molar refractivity (Wildman–Crippen MR) is 79.8 cm³/mol. The molecule has 2 heterocycles. The molecule has 0 aliphatic carbocycles. The summed E-state index contributed by atoms with van der Waals surface area (Å²) in [6, 6.07) is 6.64. The zero-order chi connectivity index (χ0) is 14.1. The van der Waals surface area contributed by atoms with Crippen LogP contribution in [0.3, 0.4) is 0 Å². The van der Waals surface area contributed by atoms with Crippen molar-refractivity contribution in [3.05, 3.63) is 34.9 Å². The van der Waals surface area contributed by atoms with Gasteiger partial charge in [0.1, 0.15) is 0 Å². The summed E-state index contributed by atoms with van der Waals surface area (Å²) in [4.78, 5) is 16.9. The average molecular weight is 273 g/mol. The van der Waals surface area contributed by atoms with Crippen molar-refractivity contribution < 1.29 is 4.79 Å². The topological polar surface area (TPSA) is 35.6 Å². The number of hydrogen-bond donors (Lipinski definition) is 1. The first-order chi connectivity index (χ1) is 9.65. The van der Waals surface area contributed by atoms with Gasteiger partial charge in [-0.15, -0.1) is 0 Å². The van der Waals surface area contributed by atoms with Crippen molar-refractivity contribution in [1.29, 1.82) is 0 Å². The van der Waals surface area contributed by atoms with Crippen LogP contribution in [-0.4, -0.2) is 55.0 Å². The zero-order valence-corrected chi connectivity index (χ0v) is 12.4. The molecule has 1 atom stereocenters. The van der Waals surface area contributed by atoms with Crippen molar-refractivity contribution in [2.75, 3.05) is 33.2 Å². The Hall–Kier alpha value is -1.39. The van der Waals surface area contributed by atoms with E-state index in [0.717, 1.165) is 44.7 Å². The van der Waals surface area contributed by atoms with Crippen molar-refractivity contribution in [1.82, 2.24) is 15.1 Å². The fourth-order valence-corrected chi connectivity index (χ4v) is 3.03. The molecule has 2 aliphatic heterocycles. The molecule has 4 heteroatoms. The van der Waals surface area contributed by atoms with E-state index in [4.69, 9.17) is 0 Å². The van der Waals surface area contributed by atoms with Crippen LogP contribution in [0.15, 0.2) is 18.2 Å². The third-order valence-corrected chi connectivity index (χ3v) is 4.59. The lowest BCUT2D eigenvalue weighted by Crippen LogP contribution is -2.52. The molecule has 1 aromatic carbocycles. The molecule has 1 amide bonds. The zero-order valence-electron chi connectivity index (χ0n) is 12.4. The molecule has 20 heavy (non-hydrogen) atoms. The van der Waals surface area contributed by atoms with E-state index in [9.17, 15) is 4.79 Å². The van der Waals surface area contributed by atoms with Gasteiger partial charge in [0.05, 0.1) is 0 Å². The van der Waals surface area contributed by atoms with Crippen molar-refractivity contribution in [2.45, 2.75) is 25.9 Å². The molecular formula is C16H23N3O. The second-order valence-electron chi connectivity index (χ2n) is 5.99. The average Bonchev–Trinajstić information content (AvgIpc) is 2.49. The summed E-state index contributed by atoms with van der Waals surface area (Å²) in [5.74, 6) is 0.179. The van der Waals surface area contributed by atoms with E-state index < -0.39 is 0 Å². The van der Waals surface area contributed by atoms with Crippen LogP contribution in [0, 0.1) is 0 Å². The predicted octanol–water partition coefficient (Wildman–Crippen LogP) is 1.11. The maximum atomic E-state index is 12.6. The number of amides is 1. The van der Waals surface area contributed by atoms with Crippen LogP contribution in [0.1, 0.15) is 28.4 Å².